The van der Waals surface area contributed by atoms with E-state index in [0.717, 1.165) is 0 Å². The molecule has 120 valence electrons. The lowest BCUT2D eigenvalue weighted by atomic mass is 10.1. The Balaban J connectivity index is 3.06. The minimum absolute atomic E-state index is 0.0467. The van der Waals surface area contributed by atoms with Crippen LogP contribution in [-0.2, 0) is 9.59 Å². The number of ether oxygens (including phenoxy) is 2. The van der Waals surface area contributed by atoms with Crippen molar-refractivity contribution >= 4 is 17.8 Å². The molecule has 0 radical (unpaired) electrons. The SMILES string of the molecule is COc1cc(C(=O)NC(CC(=O)O)C(=O)O)cc(OC)c1O. The maximum absolute atomic E-state index is 12.0. The van der Waals surface area contributed by atoms with Crippen molar-refractivity contribution < 1.29 is 39.2 Å². The molecule has 4 N–H and O–H groups in total. The number of carbonyl (C=O) groups is 3. The van der Waals surface area contributed by atoms with Gasteiger partial charge in [0.1, 0.15) is 6.04 Å². The monoisotopic (exact) mass is 313 g/mol. The summed E-state index contributed by atoms with van der Waals surface area (Å²) in [7, 11) is 2.53. The molecule has 0 heterocycles. The Morgan fingerprint density at radius 1 is 1.14 bits per heavy atom. The Labute approximate surface area is 125 Å². The Kier molecular flexibility index (Phi) is 5.56. The molecule has 0 saturated heterocycles. The van der Waals surface area contributed by atoms with Crippen molar-refractivity contribution in [3.05, 3.63) is 17.7 Å². The third kappa shape index (κ3) is 4.01. The highest BCUT2D eigenvalue weighted by atomic mass is 16.5. The van der Waals surface area contributed by atoms with Gasteiger partial charge in [-0.25, -0.2) is 4.79 Å². The van der Waals surface area contributed by atoms with Crippen LogP contribution in [0.15, 0.2) is 12.1 Å². The summed E-state index contributed by atoms with van der Waals surface area (Å²) in [6.45, 7) is 0. The van der Waals surface area contributed by atoms with Gasteiger partial charge in [0.15, 0.2) is 11.5 Å². The van der Waals surface area contributed by atoms with Crippen LogP contribution in [0.3, 0.4) is 0 Å². The predicted octanol–water partition coefficient (Wildman–Crippen LogP) is 0.0671. The summed E-state index contributed by atoms with van der Waals surface area (Å²) in [5.41, 5.74) is -0.0526. The molecule has 0 fully saturated rings. The van der Waals surface area contributed by atoms with E-state index >= 15 is 0 Å². The fraction of sp³-hybridized carbons (Fsp3) is 0.308. The van der Waals surface area contributed by atoms with E-state index in [1.807, 2.05) is 0 Å². The maximum atomic E-state index is 12.0. The summed E-state index contributed by atoms with van der Waals surface area (Å²) in [5.74, 6) is -4.10. The Bertz CT molecular complexity index is 573. The minimum atomic E-state index is -1.59. The van der Waals surface area contributed by atoms with Crippen LogP contribution in [0, 0.1) is 0 Å². The maximum Gasteiger partial charge on any atom is 0.326 e. The van der Waals surface area contributed by atoms with E-state index in [2.05, 4.69) is 5.32 Å². The van der Waals surface area contributed by atoms with Crippen molar-refractivity contribution in [1.29, 1.82) is 0 Å². The van der Waals surface area contributed by atoms with Gasteiger partial charge in [-0.15, -0.1) is 0 Å². The second-order valence-corrected chi connectivity index (χ2v) is 4.19. The fourth-order valence-corrected chi connectivity index (χ4v) is 1.64. The second kappa shape index (κ2) is 7.16. The molecular weight excluding hydrogens is 298 g/mol. The highest BCUT2D eigenvalue weighted by Crippen LogP contribution is 2.37. The molecule has 0 bridgehead atoms. The Morgan fingerprint density at radius 2 is 1.64 bits per heavy atom. The van der Waals surface area contributed by atoms with Gasteiger partial charge in [-0.2, -0.15) is 0 Å². The second-order valence-electron chi connectivity index (χ2n) is 4.19. The number of hydrogen-bond donors (Lipinski definition) is 4. The van der Waals surface area contributed by atoms with Crippen LogP contribution in [-0.4, -0.2) is 53.4 Å². The van der Waals surface area contributed by atoms with E-state index in [1.54, 1.807) is 0 Å². The third-order valence-electron chi connectivity index (χ3n) is 2.72. The standard InChI is InChI=1S/C13H15NO8/c1-21-8-3-6(4-9(22-2)11(8)17)12(18)14-7(13(19)20)5-10(15)16/h3-4,7,17H,5H2,1-2H3,(H,14,18)(H,15,16)(H,19,20). The normalized spacial score (nSPS) is 11.4. The molecule has 0 aliphatic heterocycles. The number of carboxylic acids is 2. The number of phenols is 1. The smallest absolute Gasteiger partial charge is 0.326 e. The van der Waals surface area contributed by atoms with Crippen molar-refractivity contribution in [3.8, 4) is 17.2 Å². The number of rotatable bonds is 7. The van der Waals surface area contributed by atoms with Crippen molar-refractivity contribution in [2.24, 2.45) is 0 Å². The van der Waals surface area contributed by atoms with E-state index in [-0.39, 0.29) is 22.8 Å². The summed E-state index contributed by atoms with van der Waals surface area (Å²) in [4.78, 5) is 33.6. The van der Waals surface area contributed by atoms with Crippen LogP contribution in [0.1, 0.15) is 16.8 Å². The zero-order valence-corrected chi connectivity index (χ0v) is 11.8. The number of aromatic hydroxyl groups is 1. The number of aliphatic carboxylic acids is 2. The molecule has 0 aliphatic carbocycles. The summed E-state index contributed by atoms with van der Waals surface area (Å²) in [6.07, 6.45) is -0.770. The quantitative estimate of drug-likeness (QED) is 0.553. The lowest BCUT2D eigenvalue weighted by Crippen LogP contribution is -2.42. The number of nitrogens with one attached hydrogen (secondary N) is 1. The molecule has 0 saturated carbocycles. The Morgan fingerprint density at radius 3 is 2.00 bits per heavy atom. The molecule has 0 aromatic heterocycles. The molecule has 9 nitrogen and oxygen atoms in total. The molecule has 0 aliphatic rings. The van der Waals surface area contributed by atoms with Gasteiger partial charge in [-0.3, -0.25) is 9.59 Å². The molecule has 1 rings (SSSR count). The van der Waals surface area contributed by atoms with Crippen molar-refractivity contribution in [2.45, 2.75) is 12.5 Å². The van der Waals surface area contributed by atoms with Gasteiger partial charge in [0, 0.05) is 5.56 Å². The molecule has 9 heteroatoms. The van der Waals surface area contributed by atoms with Gasteiger partial charge in [0.05, 0.1) is 20.6 Å². The van der Waals surface area contributed by atoms with Gasteiger partial charge >= 0.3 is 11.9 Å². The first-order chi connectivity index (χ1) is 10.3. The van der Waals surface area contributed by atoms with E-state index < -0.39 is 30.3 Å². The van der Waals surface area contributed by atoms with Crippen LogP contribution < -0.4 is 14.8 Å². The average Bonchev–Trinajstić information content (AvgIpc) is 2.46. The summed E-state index contributed by atoms with van der Waals surface area (Å²) in [5, 5.41) is 29.3. The molecule has 1 amide bonds. The molecule has 22 heavy (non-hydrogen) atoms. The van der Waals surface area contributed by atoms with Gasteiger partial charge in [0.25, 0.3) is 5.91 Å². The molecule has 1 aromatic carbocycles. The van der Waals surface area contributed by atoms with Crippen molar-refractivity contribution in [1.82, 2.24) is 5.32 Å². The van der Waals surface area contributed by atoms with Crippen LogP contribution in [0.25, 0.3) is 0 Å². The van der Waals surface area contributed by atoms with Crippen molar-refractivity contribution in [3.63, 3.8) is 0 Å². The number of methoxy groups -OCH3 is 2. The number of carbonyl (C=O) groups excluding carboxylic acids is 1. The Hall–Kier alpha value is -2.97. The van der Waals surface area contributed by atoms with Gasteiger partial charge < -0.3 is 30.1 Å². The largest absolute Gasteiger partial charge is 0.502 e. The number of hydrogen-bond acceptors (Lipinski definition) is 6. The summed E-state index contributed by atoms with van der Waals surface area (Å²) >= 11 is 0. The lowest BCUT2D eigenvalue weighted by molar-refractivity contribution is -0.145. The first-order valence-electron chi connectivity index (χ1n) is 6.00. The van der Waals surface area contributed by atoms with E-state index in [0.29, 0.717) is 0 Å². The summed E-state index contributed by atoms with van der Waals surface area (Å²) in [6, 6.07) is 0.760. The number of benzene rings is 1. The molecule has 0 spiro atoms. The van der Waals surface area contributed by atoms with Crippen LogP contribution >= 0.6 is 0 Å². The van der Waals surface area contributed by atoms with Crippen LogP contribution in [0.2, 0.25) is 0 Å². The van der Waals surface area contributed by atoms with Crippen LogP contribution in [0.5, 0.6) is 17.2 Å². The van der Waals surface area contributed by atoms with Crippen molar-refractivity contribution in [2.75, 3.05) is 14.2 Å². The fourth-order valence-electron chi connectivity index (χ4n) is 1.64. The van der Waals surface area contributed by atoms with Gasteiger partial charge in [0.2, 0.25) is 5.75 Å². The van der Waals surface area contributed by atoms with E-state index in [4.69, 9.17) is 19.7 Å². The highest BCUT2D eigenvalue weighted by Gasteiger charge is 2.24. The van der Waals surface area contributed by atoms with Crippen LogP contribution in [0.4, 0.5) is 0 Å². The lowest BCUT2D eigenvalue weighted by Gasteiger charge is -2.14. The molecule has 1 unspecified atom stereocenters. The minimum Gasteiger partial charge on any atom is -0.502 e. The molecule has 1 aromatic rings. The average molecular weight is 313 g/mol. The first-order valence-corrected chi connectivity index (χ1v) is 6.00. The number of carboxylic acid groups (broad SMARTS) is 2. The number of phenolic OH excluding ortho intramolecular Hbond substituents is 1. The van der Waals surface area contributed by atoms with E-state index in [1.165, 1.54) is 26.4 Å². The van der Waals surface area contributed by atoms with Gasteiger partial charge in [-0.05, 0) is 12.1 Å². The zero-order valence-electron chi connectivity index (χ0n) is 11.8. The summed E-state index contributed by atoms with van der Waals surface area (Å²) < 4.78 is 9.75. The van der Waals surface area contributed by atoms with Gasteiger partial charge in [-0.1, -0.05) is 0 Å². The third-order valence-corrected chi connectivity index (χ3v) is 2.72. The van der Waals surface area contributed by atoms with E-state index in [9.17, 15) is 19.5 Å². The number of amides is 1. The topological polar surface area (TPSA) is 142 Å². The first kappa shape index (κ1) is 17.1. The molecule has 1 atom stereocenters. The molecular formula is C13H15NO8. The predicted molar refractivity (Wildman–Crippen MR) is 72.4 cm³/mol. The highest BCUT2D eigenvalue weighted by molar-refractivity contribution is 5.98. The zero-order chi connectivity index (χ0) is 16.9.